The molecule has 1 aromatic carbocycles. The van der Waals surface area contributed by atoms with E-state index in [4.69, 9.17) is 0 Å². The third-order valence-electron chi connectivity index (χ3n) is 4.54. The topological polar surface area (TPSA) is 58.9 Å². The molecule has 0 saturated carbocycles. The van der Waals surface area contributed by atoms with E-state index in [-0.39, 0.29) is 0 Å². The summed E-state index contributed by atoms with van der Waals surface area (Å²) in [6.45, 7) is 6.55. The third kappa shape index (κ3) is 4.46. The second-order valence-corrected chi connectivity index (χ2v) is 6.70. The summed E-state index contributed by atoms with van der Waals surface area (Å²) in [6, 6.07) is 10.2. The number of aryl methyl sites for hydroxylation is 2. The van der Waals surface area contributed by atoms with Gasteiger partial charge in [0.15, 0.2) is 0 Å². The first-order valence-corrected chi connectivity index (χ1v) is 8.79. The Bertz CT molecular complexity index is 839. The molecule has 6 nitrogen and oxygen atoms in total. The molecule has 136 valence electrons. The maximum absolute atomic E-state index is 4.48. The number of hydrogen-bond acceptors (Lipinski definition) is 5. The fourth-order valence-corrected chi connectivity index (χ4v) is 2.99. The minimum absolute atomic E-state index is 0.652. The molecule has 26 heavy (non-hydrogen) atoms. The molecule has 3 rings (SSSR count). The fraction of sp³-hybridized carbons (Fsp3) is 0.350. The molecule has 0 saturated heterocycles. The molecule has 2 heterocycles. The minimum Gasteiger partial charge on any atom is -0.350 e. The second kappa shape index (κ2) is 8.10. The molecule has 0 spiro atoms. The molecule has 0 unspecified atom stereocenters. The van der Waals surface area contributed by atoms with Gasteiger partial charge in [0.2, 0.25) is 5.95 Å². The van der Waals surface area contributed by atoms with Crippen LogP contribution in [0.2, 0.25) is 0 Å². The normalized spacial score (nSPS) is 11.1. The zero-order chi connectivity index (χ0) is 18.5. The van der Waals surface area contributed by atoms with Crippen LogP contribution in [0.3, 0.4) is 0 Å². The smallest absolute Gasteiger partial charge is 0.222 e. The highest BCUT2D eigenvalue weighted by Crippen LogP contribution is 2.15. The van der Waals surface area contributed by atoms with Crippen molar-refractivity contribution in [3.05, 3.63) is 70.8 Å². The molecular weight excluding hydrogens is 324 g/mol. The summed E-state index contributed by atoms with van der Waals surface area (Å²) in [7, 11) is 4.09. The summed E-state index contributed by atoms with van der Waals surface area (Å²) in [5.74, 6) is 0.652. The van der Waals surface area contributed by atoms with Crippen LogP contribution in [0.5, 0.6) is 0 Å². The Labute approximate surface area is 154 Å². The van der Waals surface area contributed by atoms with Gasteiger partial charge in [0.05, 0.1) is 5.69 Å². The van der Waals surface area contributed by atoms with E-state index < -0.39 is 0 Å². The van der Waals surface area contributed by atoms with E-state index in [1.807, 2.05) is 42.3 Å². The van der Waals surface area contributed by atoms with Gasteiger partial charge in [-0.05, 0) is 26.5 Å². The van der Waals surface area contributed by atoms with Gasteiger partial charge in [-0.25, -0.2) is 9.97 Å². The average molecular weight is 350 g/mol. The van der Waals surface area contributed by atoms with E-state index in [2.05, 4.69) is 58.3 Å². The first-order valence-electron chi connectivity index (χ1n) is 8.79. The highest BCUT2D eigenvalue weighted by Gasteiger charge is 2.12. The number of aromatic nitrogens is 4. The lowest BCUT2D eigenvalue weighted by Gasteiger charge is -2.17. The van der Waals surface area contributed by atoms with Crippen LogP contribution in [0.15, 0.2) is 42.7 Å². The molecule has 0 bridgehead atoms. The largest absolute Gasteiger partial charge is 0.350 e. The van der Waals surface area contributed by atoms with Crippen molar-refractivity contribution in [2.45, 2.75) is 33.5 Å². The van der Waals surface area contributed by atoms with Crippen LogP contribution in [-0.4, -0.2) is 31.7 Å². The highest BCUT2D eigenvalue weighted by atomic mass is 15.3. The SMILES string of the molecule is Cc1nn(C)c(C)c1CN(C)Cc1cnc(NCc2ccccc2)nc1. The van der Waals surface area contributed by atoms with Gasteiger partial charge in [-0.2, -0.15) is 5.10 Å². The Morgan fingerprint density at radius 1 is 1.00 bits per heavy atom. The second-order valence-electron chi connectivity index (χ2n) is 6.70. The van der Waals surface area contributed by atoms with E-state index in [0.29, 0.717) is 5.95 Å². The van der Waals surface area contributed by atoms with Crippen molar-refractivity contribution in [3.8, 4) is 0 Å². The molecule has 2 aromatic heterocycles. The fourth-order valence-electron chi connectivity index (χ4n) is 2.99. The molecule has 1 N–H and O–H groups in total. The summed E-state index contributed by atoms with van der Waals surface area (Å²) in [6.07, 6.45) is 3.78. The molecule has 0 amide bonds. The molecule has 0 fully saturated rings. The van der Waals surface area contributed by atoms with Crippen LogP contribution in [0.25, 0.3) is 0 Å². The Morgan fingerprint density at radius 3 is 2.31 bits per heavy atom. The summed E-state index contributed by atoms with van der Waals surface area (Å²) in [4.78, 5) is 11.1. The summed E-state index contributed by atoms with van der Waals surface area (Å²) in [5.41, 5.74) is 5.90. The van der Waals surface area contributed by atoms with Gasteiger partial charge in [-0.15, -0.1) is 0 Å². The van der Waals surface area contributed by atoms with Crippen molar-refractivity contribution in [2.75, 3.05) is 12.4 Å². The van der Waals surface area contributed by atoms with Gasteiger partial charge in [0.25, 0.3) is 0 Å². The van der Waals surface area contributed by atoms with E-state index in [9.17, 15) is 0 Å². The summed E-state index contributed by atoms with van der Waals surface area (Å²) in [5, 5.41) is 7.74. The van der Waals surface area contributed by atoms with Crippen molar-refractivity contribution in [1.29, 1.82) is 0 Å². The number of nitrogens with zero attached hydrogens (tertiary/aromatic N) is 5. The third-order valence-corrected chi connectivity index (χ3v) is 4.54. The number of benzene rings is 1. The monoisotopic (exact) mass is 350 g/mol. The van der Waals surface area contributed by atoms with E-state index in [1.165, 1.54) is 16.8 Å². The van der Waals surface area contributed by atoms with E-state index >= 15 is 0 Å². The van der Waals surface area contributed by atoms with Crippen LogP contribution in [0.4, 0.5) is 5.95 Å². The first-order chi connectivity index (χ1) is 12.5. The Hall–Kier alpha value is -2.73. The van der Waals surface area contributed by atoms with Gasteiger partial charge in [-0.3, -0.25) is 9.58 Å². The quantitative estimate of drug-likeness (QED) is 0.710. The lowest BCUT2D eigenvalue weighted by molar-refractivity contribution is 0.317. The van der Waals surface area contributed by atoms with Crippen LogP contribution < -0.4 is 5.32 Å². The van der Waals surface area contributed by atoms with Crippen LogP contribution in [-0.2, 0) is 26.7 Å². The zero-order valence-corrected chi connectivity index (χ0v) is 15.9. The van der Waals surface area contributed by atoms with Crippen LogP contribution in [0, 0.1) is 13.8 Å². The number of anilines is 1. The van der Waals surface area contributed by atoms with E-state index in [0.717, 1.165) is 30.9 Å². The summed E-state index contributed by atoms with van der Waals surface area (Å²) >= 11 is 0. The maximum Gasteiger partial charge on any atom is 0.222 e. The van der Waals surface area contributed by atoms with Crippen molar-refractivity contribution < 1.29 is 0 Å². The highest BCUT2D eigenvalue weighted by molar-refractivity contribution is 5.28. The van der Waals surface area contributed by atoms with Crippen LogP contribution >= 0.6 is 0 Å². The van der Waals surface area contributed by atoms with Crippen molar-refractivity contribution >= 4 is 5.95 Å². The average Bonchev–Trinajstić information content (AvgIpc) is 2.88. The minimum atomic E-state index is 0.652. The van der Waals surface area contributed by atoms with E-state index in [1.54, 1.807) is 0 Å². The first kappa shape index (κ1) is 18.1. The van der Waals surface area contributed by atoms with Gasteiger partial charge in [0.1, 0.15) is 0 Å². The lowest BCUT2D eigenvalue weighted by Crippen LogP contribution is -2.18. The molecule has 0 radical (unpaired) electrons. The molecule has 6 heteroatoms. The van der Waals surface area contributed by atoms with Crippen molar-refractivity contribution in [3.63, 3.8) is 0 Å². The lowest BCUT2D eigenvalue weighted by atomic mass is 10.2. The predicted octanol–water partition coefficient (Wildman–Crippen LogP) is 3.07. The molecule has 0 atom stereocenters. The Morgan fingerprint density at radius 2 is 1.69 bits per heavy atom. The van der Waals surface area contributed by atoms with Gasteiger partial charge in [-0.1, -0.05) is 30.3 Å². The number of nitrogens with one attached hydrogen (secondary N) is 1. The molecule has 3 aromatic rings. The van der Waals surface area contributed by atoms with Gasteiger partial charge in [0, 0.05) is 55.9 Å². The van der Waals surface area contributed by atoms with Gasteiger partial charge < -0.3 is 5.32 Å². The Balaban J connectivity index is 1.55. The number of rotatable bonds is 7. The van der Waals surface area contributed by atoms with Crippen molar-refractivity contribution in [1.82, 2.24) is 24.6 Å². The standard InChI is InChI=1S/C20H26N6/c1-15-19(16(2)26(4)24-15)14-25(3)13-18-11-22-20(23-12-18)21-10-17-8-6-5-7-9-17/h5-9,11-12H,10,13-14H2,1-4H3,(H,21,22,23). The molecular formula is C20H26N6. The Kier molecular flexibility index (Phi) is 5.63. The van der Waals surface area contributed by atoms with Gasteiger partial charge >= 0.3 is 0 Å². The van der Waals surface area contributed by atoms with Crippen LogP contribution in [0.1, 0.15) is 28.1 Å². The molecule has 0 aliphatic rings. The van der Waals surface area contributed by atoms with Crippen molar-refractivity contribution in [2.24, 2.45) is 7.05 Å². The maximum atomic E-state index is 4.48. The molecule has 0 aliphatic carbocycles. The number of hydrogen-bond donors (Lipinski definition) is 1. The zero-order valence-electron chi connectivity index (χ0n) is 15.9. The summed E-state index contributed by atoms with van der Waals surface area (Å²) < 4.78 is 1.94. The predicted molar refractivity (Wildman–Crippen MR) is 104 cm³/mol. The molecule has 0 aliphatic heterocycles.